The van der Waals surface area contributed by atoms with E-state index in [2.05, 4.69) is 108 Å². The molecule has 0 radical (unpaired) electrons. The van der Waals surface area contributed by atoms with Crippen LogP contribution in [-0.4, -0.2) is 33.5 Å². The Labute approximate surface area is 186 Å². The summed E-state index contributed by atoms with van der Waals surface area (Å²) in [6.45, 7) is 24.6. The van der Waals surface area contributed by atoms with Gasteiger partial charge in [-0.2, -0.15) is 0 Å². The van der Waals surface area contributed by atoms with E-state index in [1.165, 1.54) is 37.1 Å². The number of nitrogens with zero attached hydrogens (tertiary/aromatic N) is 3. The van der Waals surface area contributed by atoms with E-state index in [1.54, 1.807) is 12.4 Å². The van der Waals surface area contributed by atoms with Crippen molar-refractivity contribution in [2.75, 3.05) is 13.1 Å². The number of rotatable bonds is 0. The van der Waals surface area contributed by atoms with Crippen LogP contribution in [0.15, 0.2) is 42.7 Å². The summed E-state index contributed by atoms with van der Waals surface area (Å²) in [6, 6.07) is 10.6. The van der Waals surface area contributed by atoms with Crippen LogP contribution in [0.2, 0.25) is 0 Å². The van der Waals surface area contributed by atoms with Gasteiger partial charge in [0.05, 0.1) is 0 Å². The maximum atomic E-state index is 4.14. The van der Waals surface area contributed by atoms with E-state index >= 15 is 0 Å². The molecule has 1 aromatic carbocycles. The standard InChI is InChI=1S/C11H16.C8H12N2.C8H17N/c1-9-5-7-10(8-6-9)11(2,3)4;1-8(2,3)7-9-5-4-6-10-7;1-8(2,3)9-6-4-5-7-9/h5-8H,1-4H3;4-6H,1-3H3;4-7H2,1-3H3. The van der Waals surface area contributed by atoms with E-state index in [0.29, 0.717) is 5.54 Å². The molecule has 1 aromatic heterocycles. The van der Waals surface area contributed by atoms with Gasteiger partial charge in [0, 0.05) is 23.3 Å². The molecule has 2 heterocycles. The average molecular weight is 412 g/mol. The first-order valence-corrected chi connectivity index (χ1v) is 11.3. The van der Waals surface area contributed by atoms with Gasteiger partial charge in [0.15, 0.2) is 0 Å². The van der Waals surface area contributed by atoms with Crippen molar-refractivity contribution in [2.24, 2.45) is 0 Å². The molecule has 0 spiro atoms. The van der Waals surface area contributed by atoms with E-state index < -0.39 is 0 Å². The molecule has 2 aromatic rings. The summed E-state index contributed by atoms with van der Waals surface area (Å²) in [4.78, 5) is 10.8. The molecule has 168 valence electrons. The molecule has 0 atom stereocenters. The van der Waals surface area contributed by atoms with Crippen molar-refractivity contribution in [3.05, 3.63) is 59.7 Å². The molecule has 0 unspecified atom stereocenters. The van der Waals surface area contributed by atoms with E-state index in [4.69, 9.17) is 0 Å². The monoisotopic (exact) mass is 411 g/mol. The van der Waals surface area contributed by atoms with Crippen molar-refractivity contribution >= 4 is 0 Å². The SMILES string of the molecule is CC(C)(C)N1CCCC1.CC(C)(C)c1ncccn1.Cc1ccc(C(C)(C)C)cc1. The smallest absolute Gasteiger partial charge is 0.133 e. The van der Waals surface area contributed by atoms with E-state index in [0.717, 1.165) is 5.82 Å². The van der Waals surface area contributed by atoms with Crippen LogP contribution in [0.1, 0.15) is 92.1 Å². The van der Waals surface area contributed by atoms with Gasteiger partial charge in [0.25, 0.3) is 0 Å². The number of benzene rings is 1. The second kappa shape index (κ2) is 11.0. The van der Waals surface area contributed by atoms with Crippen molar-refractivity contribution in [3.63, 3.8) is 0 Å². The van der Waals surface area contributed by atoms with Crippen molar-refractivity contribution in [3.8, 4) is 0 Å². The maximum Gasteiger partial charge on any atom is 0.133 e. The minimum Gasteiger partial charge on any atom is -0.298 e. The highest BCUT2D eigenvalue weighted by molar-refractivity contribution is 5.26. The number of aromatic nitrogens is 2. The Morgan fingerprint density at radius 3 is 1.47 bits per heavy atom. The van der Waals surface area contributed by atoms with Gasteiger partial charge < -0.3 is 0 Å². The molecule has 0 aliphatic carbocycles. The van der Waals surface area contributed by atoms with Crippen LogP contribution in [0.5, 0.6) is 0 Å². The van der Waals surface area contributed by atoms with Crippen LogP contribution in [0.3, 0.4) is 0 Å². The van der Waals surface area contributed by atoms with E-state index in [9.17, 15) is 0 Å². The molecule has 0 amide bonds. The van der Waals surface area contributed by atoms with Crippen LogP contribution >= 0.6 is 0 Å². The molecule has 30 heavy (non-hydrogen) atoms. The van der Waals surface area contributed by atoms with Gasteiger partial charge in [-0.15, -0.1) is 0 Å². The van der Waals surface area contributed by atoms with Crippen molar-refractivity contribution in [2.45, 2.75) is 98.4 Å². The Bertz CT molecular complexity index is 708. The van der Waals surface area contributed by atoms with Gasteiger partial charge >= 0.3 is 0 Å². The Morgan fingerprint density at radius 1 is 0.700 bits per heavy atom. The highest BCUT2D eigenvalue weighted by Gasteiger charge is 2.23. The minimum atomic E-state index is 0.0707. The van der Waals surface area contributed by atoms with E-state index in [-0.39, 0.29) is 10.8 Å². The third-order valence-corrected chi connectivity index (χ3v) is 5.21. The first-order valence-electron chi connectivity index (χ1n) is 11.3. The molecule has 3 nitrogen and oxygen atoms in total. The van der Waals surface area contributed by atoms with Crippen LogP contribution in [0, 0.1) is 6.92 Å². The Hall–Kier alpha value is -1.74. The minimum absolute atomic E-state index is 0.0707. The molecule has 3 rings (SSSR count). The summed E-state index contributed by atoms with van der Waals surface area (Å²) >= 11 is 0. The van der Waals surface area contributed by atoms with Gasteiger partial charge in [-0.05, 0) is 70.7 Å². The van der Waals surface area contributed by atoms with Gasteiger partial charge in [0.2, 0.25) is 0 Å². The maximum absolute atomic E-state index is 4.14. The summed E-state index contributed by atoms with van der Waals surface area (Å²) in [7, 11) is 0. The molecule has 0 N–H and O–H groups in total. The first kappa shape index (κ1) is 26.3. The number of hydrogen-bond acceptors (Lipinski definition) is 3. The topological polar surface area (TPSA) is 29.0 Å². The fourth-order valence-corrected chi connectivity index (χ4v) is 3.13. The first-order chi connectivity index (χ1) is 13.7. The number of hydrogen-bond donors (Lipinski definition) is 0. The van der Waals surface area contributed by atoms with Crippen molar-refractivity contribution in [1.82, 2.24) is 14.9 Å². The highest BCUT2D eigenvalue weighted by Crippen LogP contribution is 2.22. The largest absolute Gasteiger partial charge is 0.298 e. The molecule has 1 aliphatic heterocycles. The van der Waals surface area contributed by atoms with Crippen LogP contribution in [0.25, 0.3) is 0 Å². The molecule has 1 aliphatic rings. The third-order valence-electron chi connectivity index (χ3n) is 5.21. The lowest BCUT2D eigenvalue weighted by molar-refractivity contribution is 0.175. The average Bonchev–Trinajstić information content (AvgIpc) is 3.18. The molecule has 1 saturated heterocycles. The normalized spacial score (nSPS) is 15.0. The van der Waals surface area contributed by atoms with Crippen molar-refractivity contribution in [1.29, 1.82) is 0 Å². The van der Waals surface area contributed by atoms with Gasteiger partial charge in [0.1, 0.15) is 5.82 Å². The molecular weight excluding hydrogens is 366 g/mol. The lowest BCUT2D eigenvalue weighted by atomic mass is 9.87. The molecular formula is C27H45N3. The van der Waals surface area contributed by atoms with Crippen LogP contribution < -0.4 is 0 Å². The second-order valence-corrected chi connectivity index (χ2v) is 11.3. The Kier molecular flexibility index (Phi) is 9.68. The predicted molar refractivity (Wildman–Crippen MR) is 131 cm³/mol. The highest BCUT2D eigenvalue weighted by atomic mass is 15.2. The second-order valence-electron chi connectivity index (χ2n) is 11.3. The number of aryl methyl sites for hydroxylation is 1. The lowest BCUT2D eigenvalue weighted by Gasteiger charge is -2.31. The zero-order valence-corrected chi connectivity index (χ0v) is 21.2. The summed E-state index contributed by atoms with van der Waals surface area (Å²) in [5.74, 6) is 0.898. The fourth-order valence-electron chi connectivity index (χ4n) is 3.13. The van der Waals surface area contributed by atoms with Crippen LogP contribution in [-0.2, 0) is 10.8 Å². The summed E-state index contributed by atoms with van der Waals surface area (Å²) in [5.41, 5.74) is 3.51. The summed E-state index contributed by atoms with van der Waals surface area (Å²) in [5, 5.41) is 0. The molecule has 3 heteroatoms. The van der Waals surface area contributed by atoms with E-state index in [1.807, 2.05) is 6.07 Å². The Morgan fingerprint density at radius 2 is 1.17 bits per heavy atom. The van der Waals surface area contributed by atoms with Gasteiger partial charge in [-0.25, -0.2) is 9.97 Å². The zero-order valence-electron chi connectivity index (χ0n) is 21.2. The molecule has 0 bridgehead atoms. The molecule has 0 saturated carbocycles. The van der Waals surface area contributed by atoms with Gasteiger partial charge in [-0.3, -0.25) is 4.90 Å². The van der Waals surface area contributed by atoms with Crippen LogP contribution in [0.4, 0.5) is 0 Å². The quantitative estimate of drug-likeness (QED) is 0.470. The predicted octanol–water partition coefficient (Wildman–Crippen LogP) is 6.95. The summed E-state index contributed by atoms with van der Waals surface area (Å²) < 4.78 is 0. The fraction of sp³-hybridized carbons (Fsp3) is 0.630. The lowest BCUT2D eigenvalue weighted by Crippen LogP contribution is -2.38. The summed E-state index contributed by atoms with van der Waals surface area (Å²) in [6.07, 6.45) is 6.34. The van der Waals surface area contributed by atoms with Gasteiger partial charge in [-0.1, -0.05) is 71.4 Å². The Balaban J connectivity index is 0.000000226. The molecule has 1 fully saturated rings. The number of likely N-dealkylation sites (tertiary alicyclic amines) is 1. The third kappa shape index (κ3) is 9.84. The zero-order chi connectivity index (χ0) is 23.0. The van der Waals surface area contributed by atoms with Crippen molar-refractivity contribution < 1.29 is 0 Å².